The van der Waals surface area contributed by atoms with E-state index in [0.29, 0.717) is 33.6 Å². The van der Waals surface area contributed by atoms with E-state index in [9.17, 15) is 19.5 Å². The van der Waals surface area contributed by atoms with Crippen molar-refractivity contribution in [3.05, 3.63) is 26.6 Å². The Hall–Kier alpha value is -2.22. The van der Waals surface area contributed by atoms with Crippen molar-refractivity contribution in [2.24, 2.45) is 5.92 Å². The van der Waals surface area contributed by atoms with Crippen LogP contribution in [-0.4, -0.2) is 32.6 Å². The van der Waals surface area contributed by atoms with Crippen LogP contribution in [0, 0.1) is 12.8 Å². The lowest BCUT2D eigenvalue weighted by Crippen LogP contribution is -2.41. The number of carboxylic acids is 1. The fraction of sp³-hybridized carbons (Fsp3) is 0.579. The molecule has 0 radical (unpaired) electrons. The molecule has 1 amide bonds. The maximum Gasteiger partial charge on any atom is 0.326 e. The zero-order valence-electron chi connectivity index (χ0n) is 15.9. The highest BCUT2D eigenvalue weighted by atomic mass is 32.1. The fourth-order valence-electron chi connectivity index (χ4n) is 3.54. The standard InChI is InChI=1S/C19H25N3O4S/c1-10(2)9-12(19(25)26)20-16(23)15-11(3)14-17(27-15)21-13-7-5-4-6-8-22(13)18(14)24/h10,12H,4-9H2,1-3H3,(H,20,23)(H,25,26)/t12-/m1/s1. The molecule has 0 unspecified atom stereocenters. The van der Waals surface area contributed by atoms with Gasteiger partial charge in [-0.3, -0.25) is 14.2 Å². The number of aliphatic carboxylic acids is 1. The molecular weight excluding hydrogens is 366 g/mol. The lowest BCUT2D eigenvalue weighted by atomic mass is 10.0. The van der Waals surface area contributed by atoms with Crippen molar-refractivity contribution >= 4 is 33.4 Å². The first-order valence-corrected chi connectivity index (χ1v) is 10.2. The molecule has 0 bridgehead atoms. The number of carboxylic acid groups (broad SMARTS) is 1. The molecule has 2 N–H and O–H groups in total. The number of aromatic nitrogens is 2. The van der Waals surface area contributed by atoms with Gasteiger partial charge in [-0.2, -0.15) is 0 Å². The van der Waals surface area contributed by atoms with Crippen LogP contribution in [0.5, 0.6) is 0 Å². The minimum atomic E-state index is -1.05. The van der Waals surface area contributed by atoms with Gasteiger partial charge < -0.3 is 10.4 Å². The number of hydrogen-bond acceptors (Lipinski definition) is 5. The Morgan fingerprint density at radius 1 is 1.30 bits per heavy atom. The molecule has 0 saturated heterocycles. The molecular formula is C19H25N3O4S. The average molecular weight is 391 g/mol. The predicted octanol–water partition coefficient (Wildman–Crippen LogP) is 2.72. The van der Waals surface area contributed by atoms with Crippen LogP contribution in [0.1, 0.15) is 60.6 Å². The first-order valence-electron chi connectivity index (χ1n) is 9.36. The number of thiophene rings is 1. The molecule has 3 heterocycles. The molecule has 3 rings (SSSR count). The highest BCUT2D eigenvalue weighted by Gasteiger charge is 2.26. The summed E-state index contributed by atoms with van der Waals surface area (Å²) in [5, 5.41) is 12.4. The molecule has 1 aliphatic rings. The fourth-order valence-corrected chi connectivity index (χ4v) is 4.64. The Balaban J connectivity index is 1.99. The third-order valence-corrected chi connectivity index (χ3v) is 6.11. The molecule has 0 aromatic carbocycles. The van der Waals surface area contributed by atoms with Gasteiger partial charge in [0.05, 0.1) is 10.3 Å². The van der Waals surface area contributed by atoms with E-state index in [1.54, 1.807) is 11.5 Å². The molecule has 7 nitrogen and oxygen atoms in total. The van der Waals surface area contributed by atoms with Crippen molar-refractivity contribution < 1.29 is 14.7 Å². The van der Waals surface area contributed by atoms with Crippen LogP contribution < -0.4 is 10.9 Å². The van der Waals surface area contributed by atoms with Gasteiger partial charge in [0.15, 0.2) is 0 Å². The van der Waals surface area contributed by atoms with E-state index >= 15 is 0 Å². The number of rotatable bonds is 5. The minimum Gasteiger partial charge on any atom is -0.480 e. The third kappa shape index (κ3) is 3.90. The lowest BCUT2D eigenvalue weighted by molar-refractivity contribution is -0.139. The first-order chi connectivity index (χ1) is 12.8. The van der Waals surface area contributed by atoms with Gasteiger partial charge >= 0.3 is 5.97 Å². The molecule has 0 fully saturated rings. The molecule has 8 heteroatoms. The van der Waals surface area contributed by atoms with Gasteiger partial charge in [0.2, 0.25) is 0 Å². The monoisotopic (exact) mass is 391 g/mol. The summed E-state index contributed by atoms with van der Waals surface area (Å²) in [6.07, 6.45) is 4.14. The number of fused-ring (bicyclic) bond motifs is 2. The van der Waals surface area contributed by atoms with Crippen LogP contribution in [0.3, 0.4) is 0 Å². The van der Waals surface area contributed by atoms with Crippen molar-refractivity contribution in [3.8, 4) is 0 Å². The molecule has 2 aromatic rings. The molecule has 2 aromatic heterocycles. The number of nitrogens with zero attached hydrogens (tertiary/aromatic N) is 2. The van der Waals surface area contributed by atoms with Crippen LogP contribution in [-0.2, 0) is 17.8 Å². The molecule has 0 saturated carbocycles. The topological polar surface area (TPSA) is 101 Å². The Morgan fingerprint density at radius 2 is 2.04 bits per heavy atom. The second kappa shape index (κ2) is 7.80. The second-order valence-electron chi connectivity index (χ2n) is 7.53. The van der Waals surface area contributed by atoms with E-state index in [2.05, 4.69) is 10.3 Å². The summed E-state index contributed by atoms with van der Waals surface area (Å²) in [5.41, 5.74) is 0.486. The first kappa shape index (κ1) is 19.5. The molecule has 27 heavy (non-hydrogen) atoms. The van der Waals surface area contributed by atoms with Crippen molar-refractivity contribution in [1.29, 1.82) is 0 Å². The SMILES string of the molecule is Cc1c(C(=O)N[C@H](CC(C)C)C(=O)O)sc2nc3n(c(=O)c12)CCCCC3. The Morgan fingerprint density at radius 3 is 2.70 bits per heavy atom. The maximum atomic E-state index is 13.0. The molecule has 0 aliphatic carbocycles. The summed E-state index contributed by atoms with van der Waals surface area (Å²) >= 11 is 1.17. The highest BCUT2D eigenvalue weighted by Crippen LogP contribution is 2.28. The van der Waals surface area contributed by atoms with Gasteiger partial charge in [0, 0.05) is 13.0 Å². The third-order valence-electron chi connectivity index (χ3n) is 4.93. The minimum absolute atomic E-state index is 0.0957. The van der Waals surface area contributed by atoms with E-state index in [0.717, 1.165) is 31.5 Å². The normalized spacial score (nSPS) is 15.4. The second-order valence-corrected chi connectivity index (χ2v) is 8.52. The van der Waals surface area contributed by atoms with Crippen LogP contribution in [0.2, 0.25) is 0 Å². The van der Waals surface area contributed by atoms with Crippen molar-refractivity contribution in [3.63, 3.8) is 0 Å². The number of carbonyl (C=O) groups is 2. The van der Waals surface area contributed by atoms with E-state index in [-0.39, 0.29) is 11.5 Å². The summed E-state index contributed by atoms with van der Waals surface area (Å²) in [5.74, 6) is -0.595. The highest BCUT2D eigenvalue weighted by molar-refractivity contribution is 7.20. The van der Waals surface area contributed by atoms with Gasteiger partial charge in [-0.1, -0.05) is 20.3 Å². The number of carbonyl (C=O) groups excluding carboxylic acids is 1. The number of amides is 1. The average Bonchev–Trinajstić information content (AvgIpc) is 2.77. The number of hydrogen-bond donors (Lipinski definition) is 2. The van der Waals surface area contributed by atoms with Gasteiger partial charge in [-0.15, -0.1) is 11.3 Å². The molecule has 1 atom stereocenters. The largest absolute Gasteiger partial charge is 0.480 e. The molecule has 1 aliphatic heterocycles. The van der Waals surface area contributed by atoms with Crippen molar-refractivity contribution in [2.45, 2.75) is 65.5 Å². The number of aryl methyl sites for hydroxylation is 2. The smallest absolute Gasteiger partial charge is 0.326 e. The summed E-state index contributed by atoms with van der Waals surface area (Å²) < 4.78 is 1.73. The maximum absolute atomic E-state index is 13.0. The zero-order chi connectivity index (χ0) is 19.7. The van der Waals surface area contributed by atoms with Crippen LogP contribution in [0.15, 0.2) is 4.79 Å². The van der Waals surface area contributed by atoms with Gasteiger partial charge in [-0.25, -0.2) is 9.78 Å². The Kier molecular flexibility index (Phi) is 5.64. The Labute approximate surface area is 161 Å². The lowest BCUT2D eigenvalue weighted by Gasteiger charge is -2.16. The quantitative estimate of drug-likeness (QED) is 0.816. The predicted molar refractivity (Wildman–Crippen MR) is 105 cm³/mol. The van der Waals surface area contributed by atoms with Gasteiger partial charge in [0.1, 0.15) is 16.7 Å². The zero-order valence-corrected chi connectivity index (χ0v) is 16.7. The van der Waals surface area contributed by atoms with Crippen molar-refractivity contribution in [1.82, 2.24) is 14.9 Å². The van der Waals surface area contributed by atoms with E-state index < -0.39 is 17.9 Å². The van der Waals surface area contributed by atoms with Gasteiger partial charge in [0.25, 0.3) is 11.5 Å². The van der Waals surface area contributed by atoms with Crippen LogP contribution in [0.25, 0.3) is 10.2 Å². The van der Waals surface area contributed by atoms with Crippen LogP contribution in [0.4, 0.5) is 0 Å². The summed E-state index contributed by atoms with van der Waals surface area (Å²) in [6.45, 7) is 6.21. The number of nitrogens with one attached hydrogen (secondary N) is 1. The van der Waals surface area contributed by atoms with Gasteiger partial charge in [-0.05, 0) is 37.7 Å². The van der Waals surface area contributed by atoms with Crippen LogP contribution >= 0.6 is 11.3 Å². The molecule has 146 valence electrons. The Bertz CT molecular complexity index is 945. The summed E-state index contributed by atoms with van der Waals surface area (Å²) in [6, 6.07) is -0.951. The van der Waals surface area contributed by atoms with Crippen molar-refractivity contribution in [2.75, 3.05) is 0 Å². The summed E-state index contributed by atoms with van der Waals surface area (Å²) in [7, 11) is 0. The van der Waals surface area contributed by atoms with E-state index in [1.165, 1.54) is 11.3 Å². The molecule has 0 spiro atoms. The van der Waals surface area contributed by atoms with E-state index in [4.69, 9.17) is 0 Å². The van der Waals surface area contributed by atoms with E-state index in [1.807, 2.05) is 13.8 Å². The summed E-state index contributed by atoms with van der Waals surface area (Å²) in [4.78, 5) is 42.7.